The number of para-hydroxylation sites is 2. The van der Waals surface area contributed by atoms with E-state index >= 15 is 0 Å². The summed E-state index contributed by atoms with van der Waals surface area (Å²) in [5.74, 6) is 1.29. The Morgan fingerprint density at radius 3 is 2.74 bits per heavy atom. The van der Waals surface area contributed by atoms with Gasteiger partial charge in [-0.05, 0) is 55.0 Å². The Balaban J connectivity index is 1.47. The van der Waals surface area contributed by atoms with Crippen molar-refractivity contribution in [3.8, 4) is 0 Å². The van der Waals surface area contributed by atoms with Gasteiger partial charge in [-0.15, -0.1) is 0 Å². The number of imidazole rings is 1. The Labute approximate surface area is 183 Å². The van der Waals surface area contributed by atoms with Crippen molar-refractivity contribution in [1.82, 2.24) is 14.9 Å². The third-order valence-corrected chi connectivity index (χ3v) is 6.02. The van der Waals surface area contributed by atoms with Gasteiger partial charge in [-0.25, -0.2) is 9.37 Å². The van der Waals surface area contributed by atoms with Gasteiger partial charge >= 0.3 is 0 Å². The number of aromatic nitrogens is 2. The van der Waals surface area contributed by atoms with E-state index in [9.17, 15) is 9.18 Å². The van der Waals surface area contributed by atoms with Crippen LogP contribution in [0, 0.1) is 17.7 Å². The number of aryl methyl sites for hydroxylation is 1. The molecule has 0 radical (unpaired) electrons. The second-order valence-electron chi connectivity index (χ2n) is 8.86. The predicted molar refractivity (Wildman–Crippen MR) is 122 cm³/mol. The number of fused-ring (bicyclic) bond motifs is 1. The number of rotatable bonds is 7. The number of piperidine rings is 1. The molecule has 1 saturated heterocycles. The maximum atomic E-state index is 13.1. The van der Waals surface area contributed by atoms with Crippen LogP contribution in [0.15, 0.2) is 48.5 Å². The minimum Gasteiger partial charge on any atom is -0.352 e. The summed E-state index contributed by atoms with van der Waals surface area (Å²) >= 11 is 0. The van der Waals surface area contributed by atoms with Crippen molar-refractivity contribution in [1.29, 1.82) is 0 Å². The van der Waals surface area contributed by atoms with E-state index in [1.54, 1.807) is 12.1 Å². The highest BCUT2D eigenvalue weighted by atomic mass is 19.1. The van der Waals surface area contributed by atoms with E-state index < -0.39 is 0 Å². The molecular formula is C25H31FN4O. The first-order valence-corrected chi connectivity index (χ1v) is 11.2. The zero-order valence-electron chi connectivity index (χ0n) is 18.4. The summed E-state index contributed by atoms with van der Waals surface area (Å²) in [5.41, 5.74) is 3.06. The van der Waals surface area contributed by atoms with Crippen LogP contribution in [-0.4, -0.2) is 28.5 Å². The van der Waals surface area contributed by atoms with Gasteiger partial charge in [-0.2, -0.15) is 0 Å². The maximum Gasteiger partial charge on any atom is 0.225 e. The number of amides is 1. The normalized spacial score (nSPS) is 16.8. The van der Waals surface area contributed by atoms with E-state index in [-0.39, 0.29) is 17.6 Å². The molecule has 164 valence electrons. The fourth-order valence-corrected chi connectivity index (χ4v) is 4.22. The van der Waals surface area contributed by atoms with Crippen LogP contribution in [0.5, 0.6) is 0 Å². The summed E-state index contributed by atoms with van der Waals surface area (Å²) in [7, 11) is 0. The summed E-state index contributed by atoms with van der Waals surface area (Å²) < 4.78 is 15.4. The molecule has 2 aromatic carbocycles. The van der Waals surface area contributed by atoms with Crippen LogP contribution >= 0.6 is 0 Å². The highest BCUT2D eigenvalue weighted by Gasteiger charge is 2.28. The molecule has 1 aliphatic heterocycles. The lowest BCUT2D eigenvalue weighted by molar-refractivity contribution is -0.125. The molecule has 6 heteroatoms. The quantitative estimate of drug-likeness (QED) is 0.598. The molecule has 1 unspecified atom stereocenters. The molecule has 1 N–H and O–H groups in total. The number of halogens is 1. The monoisotopic (exact) mass is 422 g/mol. The second kappa shape index (κ2) is 9.50. The first-order chi connectivity index (χ1) is 15.0. The van der Waals surface area contributed by atoms with Gasteiger partial charge in [0.15, 0.2) is 0 Å². The lowest BCUT2D eigenvalue weighted by Crippen LogP contribution is -2.43. The standard InChI is InChI=1S/C25H31FN4O/c1-18(2)13-15-30-23-8-4-3-7-22(23)28-25(30)29-14-5-6-20(17-29)24(31)27-16-19-9-11-21(26)12-10-19/h3-4,7-12,18,20H,5-6,13-17H2,1-2H3,(H,27,31). The molecule has 4 rings (SSSR count). The molecule has 0 aliphatic carbocycles. The third-order valence-electron chi connectivity index (χ3n) is 6.02. The zero-order valence-corrected chi connectivity index (χ0v) is 18.4. The fourth-order valence-electron chi connectivity index (χ4n) is 4.22. The van der Waals surface area contributed by atoms with Crippen LogP contribution in [-0.2, 0) is 17.9 Å². The Morgan fingerprint density at radius 2 is 1.97 bits per heavy atom. The van der Waals surface area contributed by atoms with Gasteiger partial charge in [0.05, 0.1) is 17.0 Å². The number of nitrogens with one attached hydrogen (secondary N) is 1. The summed E-state index contributed by atoms with van der Waals surface area (Å²) in [5, 5.41) is 3.03. The van der Waals surface area contributed by atoms with Crippen LogP contribution in [0.1, 0.15) is 38.7 Å². The van der Waals surface area contributed by atoms with Crippen molar-refractivity contribution >= 4 is 22.9 Å². The lowest BCUT2D eigenvalue weighted by atomic mass is 9.97. The van der Waals surface area contributed by atoms with E-state index in [1.807, 2.05) is 6.07 Å². The average molecular weight is 423 g/mol. The van der Waals surface area contributed by atoms with E-state index in [0.717, 1.165) is 54.9 Å². The molecule has 5 nitrogen and oxygen atoms in total. The van der Waals surface area contributed by atoms with Crippen molar-refractivity contribution in [2.45, 2.75) is 46.2 Å². The van der Waals surface area contributed by atoms with Gasteiger partial charge in [-0.3, -0.25) is 4.79 Å². The largest absolute Gasteiger partial charge is 0.352 e. The molecule has 0 saturated carbocycles. The molecule has 3 aromatic rings. The van der Waals surface area contributed by atoms with Crippen molar-refractivity contribution < 1.29 is 9.18 Å². The zero-order chi connectivity index (χ0) is 21.8. The molecular weight excluding hydrogens is 391 g/mol. The lowest BCUT2D eigenvalue weighted by Gasteiger charge is -2.33. The van der Waals surface area contributed by atoms with E-state index in [0.29, 0.717) is 19.0 Å². The van der Waals surface area contributed by atoms with Gasteiger partial charge in [0.25, 0.3) is 0 Å². The molecule has 0 spiro atoms. The number of nitrogens with zero attached hydrogens (tertiary/aromatic N) is 3. The second-order valence-corrected chi connectivity index (χ2v) is 8.86. The average Bonchev–Trinajstić information content (AvgIpc) is 3.16. The van der Waals surface area contributed by atoms with Gasteiger partial charge in [0.2, 0.25) is 11.9 Å². The minimum absolute atomic E-state index is 0.0545. The summed E-state index contributed by atoms with van der Waals surface area (Å²) in [6.07, 6.45) is 2.92. The van der Waals surface area contributed by atoms with Crippen LogP contribution in [0.4, 0.5) is 10.3 Å². The third kappa shape index (κ3) is 5.06. The molecule has 31 heavy (non-hydrogen) atoms. The SMILES string of the molecule is CC(C)CCn1c(N2CCCC(C(=O)NCc3ccc(F)cc3)C2)nc2ccccc21. The van der Waals surface area contributed by atoms with E-state index in [2.05, 4.69) is 46.8 Å². The van der Waals surface area contributed by atoms with Crippen LogP contribution in [0.2, 0.25) is 0 Å². The number of anilines is 1. The van der Waals surface area contributed by atoms with Crippen molar-refractivity contribution in [3.05, 3.63) is 59.9 Å². The van der Waals surface area contributed by atoms with Crippen molar-refractivity contribution in [2.75, 3.05) is 18.0 Å². The first kappa shape index (κ1) is 21.3. The highest BCUT2D eigenvalue weighted by Crippen LogP contribution is 2.28. The number of hydrogen-bond acceptors (Lipinski definition) is 3. The van der Waals surface area contributed by atoms with Crippen LogP contribution in [0.25, 0.3) is 11.0 Å². The molecule has 0 bridgehead atoms. The first-order valence-electron chi connectivity index (χ1n) is 11.2. The molecule has 1 fully saturated rings. The smallest absolute Gasteiger partial charge is 0.225 e. The summed E-state index contributed by atoms with van der Waals surface area (Å²) in [4.78, 5) is 20.0. The highest BCUT2D eigenvalue weighted by molar-refractivity contribution is 5.81. The maximum absolute atomic E-state index is 13.1. The predicted octanol–water partition coefficient (Wildman–Crippen LogP) is 4.75. The number of hydrogen-bond donors (Lipinski definition) is 1. The Hall–Kier alpha value is -2.89. The Kier molecular flexibility index (Phi) is 6.54. The molecule has 1 aliphatic rings. The van der Waals surface area contributed by atoms with Gasteiger partial charge < -0.3 is 14.8 Å². The van der Waals surface area contributed by atoms with Gasteiger partial charge in [0.1, 0.15) is 5.82 Å². The van der Waals surface area contributed by atoms with Crippen molar-refractivity contribution in [2.24, 2.45) is 11.8 Å². The topological polar surface area (TPSA) is 50.2 Å². The van der Waals surface area contributed by atoms with Crippen molar-refractivity contribution in [3.63, 3.8) is 0 Å². The number of benzene rings is 2. The van der Waals surface area contributed by atoms with Crippen LogP contribution in [0.3, 0.4) is 0 Å². The number of carbonyl (C=O) groups is 1. The van der Waals surface area contributed by atoms with E-state index in [4.69, 9.17) is 4.98 Å². The fraction of sp³-hybridized carbons (Fsp3) is 0.440. The Morgan fingerprint density at radius 1 is 1.19 bits per heavy atom. The van der Waals surface area contributed by atoms with Gasteiger partial charge in [-0.1, -0.05) is 38.1 Å². The minimum atomic E-state index is -0.265. The molecule has 1 amide bonds. The molecule has 1 aromatic heterocycles. The summed E-state index contributed by atoms with van der Waals surface area (Å²) in [6.45, 7) is 7.39. The Bertz CT molecular complexity index is 1030. The molecule has 2 heterocycles. The van der Waals surface area contributed by atoms with E-state index in [1.165, 1.54) is 12.1 Å². The van der Waals surface area contributed by atoms with Gasteiger partial charge in [0, 0.05) is 26.2 Å². The summed E-state index contributed by atoms with van der Waals surface area (Å²) in [6, 6.07) is 14.5. The number of carbonyl (C=O) groups excluding carboxylic acids is 1. The molecule has 1 atom stereocenters. The van der Waals surface area contributed by atoms with Crippen LogP contribution < -0.4 is 10.2 Å².